The van der Waals surface area contributed by atoms with E-state index in [2.05, 4.69) is 10.2 Å². The van der Waals surface area contributed by atoms with Crippen molar-refractivity contribution in [1.82, 2.24) is 10.2 Å². The van der Waals surface area contributed by atoms with Gasteiger partial charge in [0.05, 0.1) is 31.8 Å². The first-order valence-corrected chi connectivity index (χ1v) is 15.0. The van der Waals surface area contributed by atoms with E-state index in [9.17, 15) is 19.8 Å². The van der Waals surface area contributed by atoms with E-state index in [4.69, 9.17) is 14.6 Å². The zero-order valence-corrected chi connectivity index (χ0v) is 24.2. The molecule has 0 saturated carbocycles. The number of rotatable bonds is 12. The van der Waals surface area contributed by atoms with Crippen LogP contribution in [0.1, 0.15) is 66.8 Å². The molecule has 2 aliphatic rings. The Labute approximate surface area is 252 Å². The van der Waals surface area contributed by atoms with Crippen LogP contribution < -0.4 is 5.32 Å². The van der Waals surface area contributed by atoms with Gasteiger partial charge in [-0.15, -0.1) is 0 Å². The monoisotopic (exact) mass is 588 g/mol. The van der Waals surface area contributed by atoms with E-state index in [-0.39, 0.29) is 50.2 Å². The quantitative estimate of drug-likeness (QED) is 0.246. The van der Waals surface area contributed by atoms with Gasteiger partial charge in [0.1, 0.15) is 0 Å². The van der Waals surface area contributed by atoms with E-state index < -0.39 is 12.3 Å². The van der Waals surface area contributed by atoms with Gasteiger partial charge in [-0.2, -0.15) is 0 Å². The summed E-state index contributed by atoms with van der Waals surface area (Å²) >= 11 is 0. The number of aliphatic hydroxyl groups excluding tert-OH is 2. The molecule has 0 bridgehead atoms. The molecule has 3 aromatic rings. The Hall–Kier alpha value is -3.60. The van der Waals surface area contributed by atoms with E-state index in [1.54, 1.807) is 0 Å². The fourth-order valence-corrected chi connectivity index (χ4v) is 5.92. The third-order valence-corrected chi connectivity index (χ3v) is 8.32. The van der Waals surface area contributed by atoms with E-state index in [1.165, 1.54) is 0 Å². The van der Waals surface area contributed by atoms with E-state index in [0.717, 1.165) is 59.3 Å². The number of carboxylic acids is 1. The first kappa shape index (κ1) is 30.8. The Kier molecular flexibility index (Phi) is 10.6. The average Bonchev–Trinajstić information content (AvgIpc) is 3.49. The van der Waals surface area contributed by atoms with E-state index >= 15 is 0 Å². The van der Waals surface area contributed by atoms with Gasteiger partial charge in [0, 0.05) is 37.5 Å². The van der Waals surface area contributed by atoms with Crippen molar-refractivity contribution in [3.05, 3.63) is 95.1 Å². The molecule has 0 aliphatic carbocycles. The summed E-state index contributed by atoms with van der Waals surface area (Å²) in [5.41, 5.74) is 5.66. The Morgan fingerprint density at radius 1 is 0.907 bits per heavy atom. The lowest BCUT2D eigenvalue weighted by molar-refractivity contribution is -0.253. The summed E-state index contributed by atoms with van der Waals surface area (Å²) in [5.74, 6) is -1.29. The third-order valence-electron chi connectivity index (χ3n) is 8.32. The van der Waals surface area contributed by atoms with Crippen LogP contribution in [0, 0.1) is 0 Å². The van der Waals surface area contributed by atoms with Crippen molar-refractivity contribution in [1.29, 1.82) is 0 Å². The standard InChI is InChI=1S/C34H40N2O7/c37-21-23-7-9-25(10-8-23)31-18-29(20-36-17-3-5-28(36)22-38)42-34(43-31)26-13-11-24(12-14-26)30-6-2-1-4-27(30)19-35-32(39)15-16-33(40)41/h1-2,4,6-14,28-29,31,34,37-38H,3,5,15-22H2,(H,35,39)(H,40,41)/t28-,29-,31+,34+/m0/s1. The molecule has 0 radical (unpaired) electrons. The maximum atomic E-state index is 12.1. The molecule has 9 heteroatoms. The van der Waals surface area contributed by atoms with Crippen molar-refractivity contribution < 1.29 is 34.4 Å². The van der Waals surface area contributed by atoms with Crippen LogP contribution in [-0.2, 0) is 32.2 Å². The fraction of sp³-hybridized carbons (Fsp3) is 0.412. The molecule has 43 heavy (non-hydrogen) atoms. The van der Waals surface area contributed by atoms with Gasteiger partial charge in [-0.05, 0) is 47.2 Å². The van der Waals surface area contributed by atoms with Crippen molar-refractivity contribution in [3.8, 4) is 11.1 Å². The van der Waals surface area contributed by atoms with Crippen molar-refractivity contribution in [2.24, 2.45) is 0 Å². The lowest BCUT2D eigenvalue weighted by Gasteiger charge is -2.38. The molecule has 228 valence electrons. The second kappa shape index (κ2) is 14.7. The first-order valence-electron chi connectivity index (χ1n) is 15.0. The Morgan fingerprint density at radius 2 is 1.65 bits per heavy atom. The number of ether oxygens (including phenoxy) is 2. The SMILES string of the molecule is O=C(O)CCC(=O)NCc1ccccc1-c1ccc([C@@H]2O[C@H](CN3CCC[C@H]3CO)C[C@H](c3ccc(CO)cc3)O2)cc1. The lowest BCUT2D eigenvalue weighted by atomic mass is 9.97. The molecule has 9 nitrogen and oxygen atoms in total. The molecule has 2 heterocycles. The van der Waals surface area contributed by atoms with Crippen LogP contribution >= 0.6 is 0 Å². The normalized spacial score (nSPS) is 22.4. The van der Waals surface area contributed by atoms with Crippen molar-refractivity contribution >= 4 is 11.9 Å². The number of hydrogen-bond acceptors (Lipinski definition) is 7. The van der Waals surface area contributed by atoms with Crippen molar-refractivity contribution in [3.63, 3.8) is 0 Å². The van der Waals surface area contributed by atoms with Gasteiger partial charge in [0.25, 0.3) is 0 Å². The zero-order chi connectivity index (χ0) is 30.2. The minimum absolute atomic E-state index is 0.00968. The number of nitrogens with one attached hydrogen (secondary N) is 1. The van der Waals surface area contributed by atoms with Gasteiger partial charge in [-0.1, -0.05) is 72.8 Å². The molecular formula is C34H40N2O7. The summed E-state index contributed by atoms with van der Waals surface area (Å²) < 4.78 is 13.0. The van der Waals surface area contributed by atoms with Gasteiger partial charge in [-0.3, -0.25) is 14.5 Å². The molecule has 1 amide bonds. The summed E-state index contributed by atoms with van der Waals surface area (Å²) in [5, 5.41) is 31.0. The highest BCUT2D eigenvalue weighted by molar-refractivity contribution is 5.80. The van der Waals surface area contributed by atoms with E-state index in [0.29, 0.717) is 13.0 Å². The smallest absolute Gasteiger partial charge is 0.303 e. The highest BCUT2D eigenvalue weighted by Gasteiger charge is 2.35. The zero-order valence-electron chi connectivity index (χ0n) is 24.2. The number of amides is 1. The molecule has 3 aromatic carbocycles. The lowest BCUT2D eigenvalue weighted by Crippen LogP contribution is -2.42. The Morgan fingerprint density at radius 3 is 2.37 bits per heavy atom. The average molecular weight is 589 g/mol. The van der Waals surface area contributed by atoms with Gasteiger partial charge in [0.15, 0.2) is 6.29 Å². The molecule has 2 fully saturated rings. The van der Waals surface area contributed by atoms with Gasteiger partial charge in [0.2, 0.25) is 5.91 Å². The predicted molar refractivity (Wildman–Crippen MR) is 161 cm³/mol. The maximum Gasteiger partial charge on any atom is 0.303 e. The number of likely N-dealkylation sites (tertiary alicyclic amines) is 1. The summed E-state index contributed by atoms with van der Waals surface area (Å²) in [6.45, 7) is 2.10. The third kappa shape index (κ3) is 8.07. The molecule has 2 aliphatic heterocycles. The van der Waals surface area contributed by atoms with Gasteiger partial charge >= 0.3 is 5.97 Å². The van der Waals surface area contributed by atoms with Crippen LogP contribution in [0.5, 0.6) is 0 Å². The first-order chi connectivity index (χ1) is 20.9. The summed E-state index contributed by atoms with van der Waals surface area (Å²) in [4.78, 5) is 25.2. The molecule has 0 unspecified atom stereocenters. The molecule has 0 spiro atoms. The number of nitrogens with zero attached hydrogens (tertiary/aromatic N) is 1. The van der Waals surface area contributed by atoms with Crippen LogP contribution in [-0.4, -0.2) is 63.9 Å². The van der Waals surface area contributed by atoms with Gasteiger partial charge in [-0.25, -0.2) is 0 Å². The van der Waals surface area contributed by atoms with E-state index in [1.807, 2.05) is 72.8 Å². The molecule has 2 saturated heterocycles. The number of aliphatic carboxylic acids is 1. The molecule has 4 N–H and O–H groups in total. The number of benzene rings is 3. The van der Waals surface area contributed by atoms with Crippen molar-refractivity contribution in [2.75, 3.05) is 19.7 Å². The number of aliphatic hydroxyl groups is 2. The summed E-state index contributed by atoms with van der Waals surface area (Å²) in [6, 6.07) is 23.8. The Balaban J connectivity index is 1.32. The second-order valence-electron chi connectivity index (χ2n) is 11.3. The van der Waals surface area contributed by atoms with Crippen molar-refractivity contribution in [2.45, 2.75) is 69.8 Å². The summed E-state index contributed by atoms with van der Waals surface area (Å²) in [6.07, 6.45) is 1.65. The fourth-order valence-electron chi connectivity index (χ4n) is 5.92. The number of carbonyl (C=O) groups excluding carboxylic acids is 1. The van der Waals surface area contributed by atoms with Crippen LogP contribution in [0.3, 0.4) is 0 Å². The largest absolute Gasteiger partial charge is 0.481 e. The Bertz CT molecular complexity index is 1360. The maximum absolute atomic E-state index is 12.1. The molecule has 0 aromatic heterocycles. The minimum Gasteiger partial charge on any atom is -0.481 e. The molecular weight excluding hydrogens is 548 g/mol. The van der Waals surface area contributed by atoms with Crippen LogP contribution in [0.2, 0.25) is 0 Å². The van der Waals surface area contributed by atoms with Crippen LogP contribution in [0.15, 0.2) is 72.8 Å². The highest BCUT2D eigenvalue weighted by atomic mass is 16.7. The van der Waals surface area contributed by atoms with Crippen LogP contribution in [0.4, 0.5) is 0 Å². The number of carboxylic acid groups (broad SMARTS) is 1. The summed E-state index contributed by atoms with van der Waals surface area (Å²) in [7, 11) is 0. The number of carbonyl (C=O) groups is 2. The molecule has 5 rings (SSSR count). The second-order valence-corrected chi connectivity index (χ2v) is 11.3. The number of hydrogen-bond donors (Lipinski definition) is 4. The highest BCUT2D eigenvalue weighted by Crippen LogP contribution is 2.39. The minimum atomic E-state index is -0.996. The van der Waals surface area contributed by atoms with Gasteiger partial charge < -0.3 is 30.1 Å². The molecule has 4 atom stereocenters. The predicted octanol–water partition coefficient (Wildman–Crippen LogP) is 4.33. The topological polar surface area (TPSA) is 129 Å². The van der Waals surface area contributed by atoms with Crippen LogP contribution in [0.25, 0.3) is 11.1 Å².